The minimum atomic E-state index is -1.35. The number of carboxylic acids is 1. The molecule has 3 atom stereocenters. The number of hydrogen-bond acceptors (Lipinski definition) is 5. The maximum atomic E-state index is 13.4. The number of methoxy groups -OCH3 is 1. The minimum absolute atomic E-state index is 0.0401. The molecule has 2 aromatic rings. The number of benzene rings is 2. The third-order valence-corrected chi connectivity index (χ3v) is 7.11. The first kappa shape index (κ1) is 24.7. The first-order chi connectivity index (χ1) is 16.7. The van der Waals surface area contributed by atoms with Gasteiger partial charge in [-0.25, -0.2) is 4.79 Å². The molecule has 2 aromatic carbocycles. The Morgan fingerprint density at radius 3 is 2.23 bits per heavy atom. The van der Waals surface area contributed by atoms with Gasteiger partial charge in [-0.05, 0) is 48.9 Å². The number of alkyl carbamates (subject to hydrolysis) is 1. The number of rotatable bonds is 7. The minimum Gasteiger partial charge on any atom is -0.481 e. The van der Waals surface area contributed by atoms with Crippen LogP contribution in [0.3, 0.4) is 0 Å². The highest BCUT2D eigenvalue weighted by Gasteiger charge is 2.43. The fraction of sp³-hybridized carbons (Fsp3) is 0.444. The van der Waals surface area contributed by atoms with Gasteiger partial charge in [-0.3, -0.25) is 9.59 Å². The summed E-state index contributed by atoms with van der Waals surface area (Å²) in [7, 11) is 1.46. The lowest BCUT2D eigenvalue weighted by molar-refractivity contribution is -0.150. The van der Waals surface area contributed by atoms with Crippen LogP contribution in [0.2, 0.25) is 0 Å². The molecular weight excluding hydrogens is 448 g/mol. The third kappa shape index (κ3) is 4.89. The van der Waals surface area contributed by atoms with Crippen molar-refractivity contribution < 1.29 is 29.0 Å². The van der Waals surface area contributed by atoms with Crippen molar-refractivity contribution in [2.45, 2.75) is 44.2 Å². The molecule has 186 valence electrons. The first-order valence-corrected chi connectivity index (χ1v) is 11.9. The Balaban J connectivity index is 1.44. The number of fused-ring (bicyclic) bond motifs is 3. The number of carboxylic acid groups (broad SMARTS) is 1. The summed E-state index contributed by atoms with van der Waals surface area (Å²) in [6.07, 6.45) is 0.0435. The van der Waals surface area contributed by atoms with Crippen molar-refractivity contribution in [3.05, 3.63) is 59.7 Å². The van der Waals surface area contributed by atoms with Crippen LogP contribution in [0.25, 0.3) is 11.1 Å². The van der Waals surface area contributed by atoms with E-state index < -0.39 is 23.5 Å². The predicted molar refractivity (Wildman–Crippen MR) is 130 cm³/mol. The van der Waals surface area contributed by atoms with Crippen molar-refractivity contribution in [3.8, 4) is 11.1 Å². The monoisotopic (exact) mass is 480 g/mol. The van der Waals surface area contributed by atoms with E-state index in [1.54, 1.807) is 11.8 Å². The van der Waals surface area contributed by atoms with E-state index in [9.17, 15) is 19.5 Å². The van der Waals surface area contributed by atoms with E-state index in [1.165, 1.54) is 7.11 Å². The van der Waals surface area contributed by atoms with Crippen LogP contribution >= 0.6 is 0 Å². The molecule has 0 saturated carbocycles. The van der Waals surface area contributed by atoms with E-state index in [0.717, 1.165) is 22.3 Å². The van der Waals surface area contributed by atoms with Crippen molar-refractivity contribution in [2.75, 3.05) is 26.9 Å². The van der Waals surface area contributed by atoms with Gasteiger partial charge in [0.2, 0.25) is 0 Å². The Bertz CT molecular complexity index is 1070. The highest BCUT2D eigenvalue weighted by Crippen LogP contribution is 2.44. The molecule has 4 rings (SSSR count). The molecular formula is C27H32N2O6. The van der Waals surface area contributed by atoms with Crippen molar-refractivity contribution in [2.24, 2.45) is 5.92 Å². The van der Waals surface area contributed by atoms with E-state index in [4.69, 9.17) is 9.47 Å². The fourth-order valence-electron chi connectivity index (χ4n) is 5.31. The molecule has 2 amide bonds. The summed E-state index contributed by atoms with van der Waals surface area (Å²) in [6.45, 7) is 3.84. The Morgan fingerprint density at radius 2 is 1.69 bits per heavy atom. The van der Waals surface area contributed by atoms with Gasteiger partial charge in [0.1, 0.15) is 12.1 Å². The zero-order valence-corrected chi connectivity index (χ0v) is 20.3. The molecule has 8 heteroatoms. The van der Waals surface area contributed by atoms with Gasteiger partial charge in [0.25, 0.3) is 5.91 Å². The van der Waals surface area contributed by atoms with Gasteiger partial charge < -0.3 is 24.8 Å². The zero-order valence-electron chi connectivity index (χ0n) is 20.3. The van der Waals surface area contributed by atoms with Crippen LogP contribution in [0.15, 0.2) is 48.5 Å². The number of carbonyl (C=O) groups excluding carboxylic acids is 2. The number of piperidine rings is 1. The summed E-state index contributed by atoms with van der Waals surface area (Å²) in [5.74, 6) is -1.73. The molecule has 1 saturated heterocycles. The topological polar surface area (TPSA) is 105 Å². The third-order valence-electron chi connectivity index (χ3n) is 7.11. The maximum absolute atomic E-state index is 13.4. The smallest absolute Gasteiger partial charge is 0.408 e. The van der Waals surface area contributed by atoms with E-state index in [0.29, 0.717) is 19.4 Å². The van der Waals surface area contributed by atoms with Crippen LogP contribution in [0.5, 0.6) is 0 Å². The molecule has 3 unspecified atom stereocenters. The normalized spacial score (nSPS) is 20.9. The number of nitrogens with zero attached hydrogens (tertiary/aromatic N) is 1. The molecule has 1 fully saturated rings. The molecule has 0 spiro atoms. The standard InChI is InChI=1S/C27H32N2O6/c1-17-14-18(24(30)31)12-13-29(17)25(32)27(2,16-34-3)28-26(33)35-15-23-21-10-6-4-8-19(21)20-9-5-7-11-22(20)23/h4-11,17-18,23H,12-16H2,1-3H3,(H,28,33)(H,30,31). The van der Waals surface area contributed by atoms with Crippen molar-refractivity contribution in [1.29, 1.82) is 0 Å². The highest BCUT2D eigenvalue weighted by atomic mass is 16.5. The summed E-state index contributed by atoms with van der Waals surface area (Å²) in [5, 5.41) is 12.0. The van der Waals surface area contributed by atoms with E-state index in [2.05, 4.69) is 17.4 Å². The van der Waals surface area contributed by atoms with Crippen LogP contribution in [0, 0.1) is 5.92 Å². The number of hydrogen-bond donors (Lipinski definition) is 2. The Kier molecular flexibility index (Phi) is 7.12. The molecule has 1 aliphatic heterocycles. The Labute approximate surface area is 205 Å². The number of amides is 2. The van der Waals surface area contributed by atoms with Crippen LogP contribution in [0.4, 0.5) is 4.79 Å². The quantitative estimate of drug-likeness (QED) is 0.627. The summed E-state index contributed by atoms with van der Waals surface area (Å²) in [5.41, 5.74) is 3.13. The molecule has 35 heavy (non-hydrogen) atoms. The number of nitrogens with one attached hydrogen (secondary N) is 1. The van der Waals surface area contributed by atoms with Gasteiger partial charge in [-0.15, -0.1) is 0 Å². The Morgan fingerprint density at radius 1 is 1.09 bits per heavy atom. The number of carbonyl (C=O) groups is 3. The van der Waals surface area contributed by atoms with Crippen molar-refractivity contribution >= 4 is 18.0 Å². The summed E-state index contributed by atoms with van der Waals surface area (Å²) in [4.78, 5) is 39.3. The number of aliphatic carboxylic acids is 1. The summed E-state index contributed by atoms with van der Waals surface area (Å²) >= 11 is 0. The van der Waals surface area contributed by atoms with Crippen LogP contribution in [-0.2, 0) is 19.1 Å². The molecule has 0 bridgehead atoms. The molecule has 1 heterocycles. The second kappa shape index (κ2) is 10.1. The molecule has 1 aliphatic carbocycles. The molecule has 0 radical (unpaired) electrons. The molecule has 2 N–H and O–H groups in total. The van der Waals surface area contributed by atoms with E-state index in [1.807, 2.05) is 43.3 Å². The second-order valence-electron chi connectivity index (χ2n) is 9.62. The average Bonchev–Trinajstić information content (AvgIpc) is 3.16. The first-order valence-electron chi connectivity index (χ1n) is 11.9. The predicted octanol–water partition coefficient (Wildman–Crippen LogP) is 3.64. The van der Waals surface area contributed by atoms with Gasteiger partial charge in [0, 0.05) is 25.6 Å². The van der Waals surface area contributed by atoms with Gasteiger partial charge in [0.05, 0.1) is 12.5 Å². The lowest BCUT2D eigenvalue weighted by Gasteiger charge is -2.41. The summed E-state index contributed by atoms with van der Waals surface area (Å²) in [6, 6.07) is 15.9. The van der Waals surface area contributed by atoms with Crippen LogP contribution in [-0.4, -0.2) is 66.4 Å². The number of likely N-dealkylation sites (tertiary alicyclic amines) is 1. The highest BCUT2D eigenvalue weighted by molar-refractivity contribution is 5.90. The van der Waals surface area contributed by atoms with Gasteiger partial charge in [-0.2, -0.15) is 0 Å². The van der Waals surface area contributed by atoms with Crippen molar-refractivity contribution in [1.82, 2.24) is 10.2 Å². The molecule has 8 nitrogen and oxygen atoms in total. The van der Waals surface area contributed by atoms with Crippen molar-refractivity contribution in [3.63, 3.8) is 0 Å². The van der Waals surface area contributed by atoms with Gasteiger partial charge >= 0.3 is 12.1 Å². The second-order valence-corrected chi connectivity index (χ2v) is 9.62. The largest absolute Gasteiger partial charge is 0.481 e. The molecule has 0 aromatic heterocycles. The maximum Gasteiger partial charge on any atom is 0.408 e. The van der Waals surface area contributed by atoms with Crippen LogP contribution < -0.4 is 5.32 Å². The average molecular weight is 481 g/mol. The molecule has 2 aliphatic rings. The van der Waals surface area contributed by atoms with E-state index >= 15 is 0 Å². The SMILES string of the molecule is COCC(C)(NC(=O)OCC1c2ccccc2-c2ccccc21)C(=O)N1CCC(C(=O)O)CC1C. The lowest BCUT2D eigenvalue weighted by Crippen LogP contribution is -2.63. The fourth-order valence-corrected chi connectivity index (χ4v) is 5.31. The van der Waals surface area contributed by atoms with Gasteiger partial charge in [-0.1, -0.05) is 48.5 Å². The Hall–Kier alpha value is -3.39. The summed E-state index contributed by atoms with van der Waals surface area (Å²) < 4.78 is 10.9. The van der Waals surface area contributed by atoms with E-state index in [-0.39, 0.29) is 31.1 Å². The lowest BCUT2D eigenvalue weighted by atomic mass is 9.89. The number of ether oxygens (including phenoxy) is 2. The van der Waals surface area contributed by atoms with Crippen LogP contribution in [0.1, 0.15) is 43.7 Å². The van der Waals surface area contributed by atoms with Gasteiger partial charge in [0.15, 0.2) is 0 Å². The zero-order chi connectivity index (χ0) is 25.2.